The molecule has 1 heterocycles. The van der Waals surface area contributed by atoms with Crippen LogP contribution in [0.4, 0.5) is 8.78 Å². The van der Waals surface area contributed by atoms with Crippen molar-refractivity contribution < 1.29 is 38.7 Å². The number of aliphatic hydroxyl groups excluding tert-OH is 3. The average molecular weight is 437 g/mol. The summed E-state index contributed by atoms with van der Waals surface area (Å²) in [5, 5.41) is 34.9. The predicted octanol–water partition coefficient (Wildman–Crippen LogP) is 1.95. The monoisotopic (exact) mass is 437 g/mol. The number of rotatable bonds is 6. The Balaban J connectivity index is 0.000000464. The Bertz CT molecular complexity index is 751. The molecule has 0 saturated carbocycles. The number of hydrogen-bond donors (Lipinski definition) is 4. The van der Waals surface area contributed by atoms with Crippen molar-refractivity contribution in [2.24, 2.45) is 0 Å². The fourth-order valence-corrected chi connectivity index (χ4v) is 2.49. The predicted molar refractivity (Wildman–Crippen MR) is 113 cm³/mol. The summed E-state index contributed by atoms with van der Waals surface area (Å²) in [6.07, 6.45) is 0.495. The molecule has 3 radical (unpaired) electrons. The first kappa shape index (κ1) is 28.7. The van der Waals surface area contributed by atoms with Crippen molar-refractivity contribution in [3.63, 3.8) is 0 Å². The number of carbonyl (C=O) groups is 1. The van der Waals surface area contributed by atoms with Gasteiger partial charge in [0.2, 0.25) is 0 Å². The van der Waals surface area contributed by atoms with Crippen LogP contribution in [0.5, 0.6) is 0 Å². The van der Waals surface area contributed by atoms with E-state index in [0.717, 1.165) is 13.2 Å². The van der Waals surface area contributed by atoms with Crippen LogP contribution in [0.25, 0.3) is 0 Å². The molecular weight excluding hydrogens is 409 g/mol. The fraction of sp³-hybridized carbons (Fsp3) is 0.409. The Labute approximate surface area is 182 Å². The van der Waals surface area contributed by atoms with Gasteiger partial charge in [0.25, 0.3) is 0 Å². The summed E-state index contributed by atoms with van der Waals surface area (Å²) >= 11 is 0. The van der Waals surface area contributed by atoms with Crippen molar-refractivity contribution in [2.45, 2.75) is 37.9 Å². The Hall–Kier alpha value is -2.33. The lowest BCUT2D eigenvalue weighted by Crippen LogP contribution is -2.21. The van der Waals surface area contributed by atoms with Crippen molar-refractivity contribution in [3.05, 3.63) is 71.3 Å². The molecule has 0 aliphatic carbocycles. The molecular formula is C22H28BF2O6. The topological polar surface area (TPSA) is 107 Å². The van der Waals surface area contributed by atoms with Gasteiger partial charge in [-0.3, -0.25) is 0 Å². The normalized spacial score (nSPS) is 14.1. The third-order valence-corrected chi connectivity index (χ3v) is 4.00. The zero-order chi connectivity index (χ0) is 22.4. The summed E-state index contributed by atoms with van der Waals surface area (Å²) in [7, 11) is 0. The van der Waals surface area contributed by atoms with E-state index in [2.05, 4.69) is 0 Å². The molecule has 0 unspecified atom stereocenters. The second-order valence-electron chi connectivity index (χ2n) is 6.68. The van der Waals surface area contributed by atoms with Crippen LogP contribution < -0.4 is 0 Å². The molecule has 2 atom stereocenters. The molecule has 1 saturated heterocycles. The SMILES string of the molecule is C1CCOC1.O=C(O)[C@H](O)Cc1cccc(F)c1.OC[C@H](O)Cc1cccc(F)c1.[B]. The lowest BCUT2D eigenvalue weighted by atomic mass is 10.1. The Morgan fingerprint density at radius 3 is 1.77 bits per heavy atom. The van der Waals surface area contributed by atoms with E-state index in [-0.39, 0.29) is 33.7 Å². The van der Waals surface area contributed by atoms with Crippen LogP contribution in [-0.2, 0) is 22.4 Å². The largest absolute Gasteiger partial charge is 0.479 e. The van der Waals surface area contributed by atoms with E-state index in [9.17, 15) is 13.6 Å². The maximum Gasteiger partial charge on any atom is 0.332 e. The van der Waals surface area contributed by atoms with Gasteiger partial charge in [0.05, 0.1) is 12.7 Å². The van der Waals surface area contributed by atoms with E-state index in [4.69, 9.17) is 25.2 Å². The van der Waals surface area contributed by atoms with Crippen LogP contribution in [0.1, 0.15) is 24.0 Å². The maximum atomic E-state index is 12.6. The summed E-state index contributed by atoms with van der Waals surface area (Å²) in [6.45, 7) is 1.70. The molecule has 2 aromatic carbocycles. The molecule has 0 aromatic heterocycles. The highest BCUT2D eigenvalue weighted by molar-refractivity contribution is 5.75. The van der Waals surface area contributed by atoms with Crippen LogP contribution in [0.15, 0.2) is 48.5 Å². The Kier molecular flexibility index (Phi) is 15.1. The van der Waals surface area contributed by atoms with E-state index < -0.39 is 24.0 Å². The molecule has 0 amide bonds. The summed E-state index contributed by atoms with van der Waals surface area (Å²) in [6, 6.07) is 11.5. The molecule has 1 aliphatic heterocycles. The highest BCUT2D eigenvalue weighted by Gasteiger charge is 2.13. The van der Waals surface area contributed by atoms with E-state index in [1.165, 1.54) is 43.2 Å². The Morgan fingerprint density at radius 2 is 1.42 bits per heavy atom. The van der Waals surface area contributed by atoms with Crippen LogP contribution in [0, 0.1) is 11.6 Å². The molecule has 0 bridgehead atoms. The van der Waals surface area contributed by atoms with Gasteiger partial charge >= 0.3 is 5.97 Å². The number of halogens is 2. The smallest absolute Gasteiger partial charge is 0.332 e. The number of carboxylic acid groups (broad SMARTS) is 1. The maximum absolute atomic E-state index is 12.6. The number of aliphatic hydroxyl groups is 3. The summed E-state index contributed by atoms with van der Waals surface area (Å²) in [5.74, 6) is -2.06. The van der Waals surface area contributed by atoms with Gasteiger partial charge in [0.15, 0.2) is 6.10 Å². The first-order valence-electron chi connectivity index (χ1n) is 9.58. The van der Waals surface area contributed by atoms with E-state index in [1.54, 1.807) is 18.2 Å². The molecule has 6 nitrogen and oxygen atoms in total. The molecule has 2 aromatic rings. The number of hydrogen-bond acceptors (Lipinski definition) is 5. The summed E-state index contributed by atoms with van der Waals surface area (Å²) in [4.78, 5) is 10.2. The zero-order valence-electron chi connectivity index (χ0n) is 17.2. The highest BCUT2D eigenvalue weighted by Crippen LogP contribution is 2.07. The number of ether oxygens (including phenoxy) is 1. The minimum Gasteiger partial charge on any atom is -0.479 e. The van der Waals surface area contributed by atoms with Crippen LogP contribution in [0.3, 0.4) is 0 Å². The minimum absolute atomic E-state index is 0. The number of benzene rings is 2. The number of aliphatic carboxylic acids is 1. The first-order valence-corrected chi connectivity index (χ1v) is 9.58. The first-order chi connectivity index (χ1) is 14.3. The van der Waals surface area contributed by atoms with Crippen molar-refractivity contribution in [3.8, 4) is 0 Å². The summed E-state index contributed by atoms with van der Waals surface area (Å²) in [5.41, 5.74) is 1.16. The minimum atomic E-state index is -1.47. The van der Waals surface area contributed by atoms with Crippen LogP contribution in [0.2, 0.25) is 0 Å². The summed E-state index contributed by atoms with van der Waals surface area (Å²) < 4.78 is 30.1. The molecule has 31 heavy (non-hydrogen) atoms. The lowest BCUT2D eigenvalue weighted by Gasteiger charge is -2.06. The third-order valence-electron chi connectivity index (χ3n) is 4.00. The lowest BCUT2D eigenvalue weighted by molar-refractivity contribution is -0.146. The van der Waals surface area contributed by atoms with Crippen LogP contribution >= 0.6 is 0 Å². The van der Waals surface area contributed by atoms with Crippen molar-refractivity contribution in [1.29, 1.82) is 0 Å². The van der Waals surface area contributed by atoms with E-state index >= 15 is 0 Å². The van der Waals surface area contributed by atoms with Gasteiger partial charge in [0, 0.05) is 34.5 Å². The molecule has 4 N–H and O–H groups in total. The van der Waals surface area contributed by atoms with Gasteiger partial charge in [-0.05, 0) is 48.2 Å². The highest BCUT2D eigenvalue weighted by atomic mass is 19.1. The van der Waals surface area contributed by atoms with Crippen LogP contribution in [-0.4, -0.2) is 66.8 Å². The van der Waals surface area contributed by atoms with Gasteiger partial charge in [-0.15, -0.1) is 0 Å². The quantitative estimate of drug-likeness (QED) is 0.515. The molecule has 169 valence electrons. The Morgan fingerprint density at radius 1 is 0.935 bits per heavy atom. The van der Waals surface area contributed by atoms with Crippen molar-refractivity contribution in [1.82, 2.24) is 0 Å². The van der Waals surface area contributed by atoms with E-state index in [0.29, 0.717) is 11.1 Å². The molecule has 1 aliphatic rings. The molecule has 0 spiro atoms. The second kappa shape index (κ2) is 16.4. The number of carboxylic acids is 1. The zero-order valence-corrected chi connectivity index (χ0v) is 17.2. The van der Waals surface area contributed by atoms with Crippen molar-refractivity contribution >= 4 is 14.4 Å². The fourth-order valence-electron chi connectivity index (χ4n) is 2.49. The second-order valence-corrected chi connectivity index (χ2v) is 6.68. The van der Waals surface area contributed by atoms with Crippen molar-refractivity contribution in [2.75, 3.05) is 19.8 Å². The molecule has 3 rings (SSSR count). The standard InChI is InChI=1S/C9H9FO3.C9H11FO2.C4H8O.B/c10-7-3-1-2-6(4-7)5-8(11)9(12)13;10-8-3-1-2-7(4-8)5-9(12)6-11;1-2-4-5-3-1;/h1-4,8,11H,5H2,(H,12,13);1-4,9,11-12H,5-6H2;1-4H2;/t8-;9-;;/m11../s1. The van der Waals surface area contributed by atoms with Gasteiger partial charge < -0.3 is 25.2 Å². The average Bonchev–Trinajstić information content (AvgIpc) is 3.28. The van der Waals surface area contributed by atoms with Gasteiger partial charge in [-0.1, -0.05) is 24.3 Å². The molecule has 9 heteroatoms. The van der Waals surface area contributed by atoms with Gasteiger partial charge in [0.1, 0.15) is 11.6 Å². The van der Waals surface area contributed by atoms with E-state index in [1.807, 2.05) is 0 Å². The molecule has 1 fully saturated rings. The third kappa shape index (κ3) is 13.6. The van der Waals surface area contributed by atoms with Gasteiger partial charge in [-0.2, -0.15) is 0 Å². The van der Waals surface area contributed by atoms with Gasteiger partial charge in [-0.25, -0.2) is 13.6 Å².